The number of benzene rings is 1. The average molecular weight is 343 g/mol. The van der Waals surface area contributed by atoms with Gasteiger partial charge in [0.15, 0.2) is 11.5 Å². The number of likely N-dealkylation sites (tertiary alicyclic amines) is 1. The van der Waals surface area contributed by atoms with Crippen molar-refractivity contribution in [1.82, 2.24) is 4.90 Å². The Balaban J connectivity index is 1.85. The molecule has 0 spiro atoms. The summed E-state index contributed by atoms with van der Waals surface area (Å²) in [6.45, 7) is 4.34. The van der Waals surface area contributed by atoms with E-state index in [1.165, 1.54) is 6.08 Å². The Bertz CT molecular complexity index is 690. The first-order chi connectivity index (χ1) is 11.9. The highest BCUT2D eigenvalue weighted by molar-refractivity contribution is 6.02. The zero-order valence-corrected chi connectivity index (χ0v) is 15.1. The number of ether oxygens (including phenoxy) is 2. The predicted octanol–water partition coefficient (Wildman–Crippen LogP) is 3.40. The number of carbonyl (C=O) groups is 2. The highest BCUT2D eigenvalue weighted by Gasteiger charge is 2.36. The zero-order valence-electron chi connectivity index (χ0n) is 15.1. The van der Waals surface area contributed by atoms with Crippen LogP contribution in [0.5, 0.6) is 5.75 Å². The maximum absolute atomic E-state index is 13.0. The largest absolute Gasteiger partial charge is 0.497 e. The summed E-state index contributed by atoms with van der Waals surface area (Å²) in [4.78, 5) is 26.8. The summed E-state index contributed by atoms with van der Waals surface area (Å²) >= 11 is 0. The molecule has 2 aliphatic heterocycles. The molecule has 5 heteroatoms. The highest BCUT2D eigenvalue weighted by Crippen LogP contribution is 2.34. The lowest BCUT2D eigenvalue weighted by molar-refractivity contribution is -0.141. The van der Waals surface area contributed by atoms with E-state index in [2.05, 4.69) is 0 Å². The number of nitrogens with zero attached hydrogens (tertiary/aromatic N) is 1. The molecule has 1 amide bonds. The van der Waals surface area contributed by atoms with Gasteiger partial charge in [-0.25, -0.2) is 0 Å². The summed E-state index contributed by atoms with van der Waals surface area (Å²) in [5, 5.41) is 0. The van der Waals surface area contributed by atoms with Gasteiger partial charge in [0.1, 0.15) is 11.4 Å². The van der Waals surface area contributed by atoms with Gasteiger partial charge in [-0.15, -0.1) is 0 Å². The minimum Gasteiger partial charge on any atom is -0.497 e. The van der Waals surface area contributed by atoms with Crippen LogP contribution in [0.4, 0.5) is 0 Å². The second-order valence-corrected chi connectivity index (χ2v) is 7.30. The van der Waals surface area contributed by atoms with E-state index < -0.39 is 5.60 Å². The van der Waals surface area contributed by atoms with Crippen molar-refractivity contribution in [2.75, 3.05) is 13.7 Å². The number of carbonyl (C=O) groups excluding carboxylic acids is 2. The summed E-state index contributed by atoms with van der Waals surface area (Å²) in [6.07, 6.45) is 4.59. The molecule has 0 aromatic heterocycles. The third-order valence-electron chi connectivity index (χ3n) is 4.75. The number of piperidine rings is 1. The van der Waals surface area contributed by atoms with Gasteiger partial charge in [-0.2, -0.15) is 0 Å². The lowest BCUT2D eigenvalue weighted by Crippen LogP contribution is -2.43. The Labute approximate surface area is 148 Å². The van der Waals surface area contributed by atoms with Crippen LogP contribution in [0.25, 0.3) is 0 Å². The second-order valence-electron chi connectivity index (χ2n) is 7.30. The third-order valence-corrected chi connectivity index (χ3v) is 4.75. The van der Waals surface area contributed by atoms with Crippen LogP contribution in [0.1, 0.15) is 51.1 Å². The first-order valence-corrected chi connectivity index (χ1v) is 8.78. The molecule has 1 atom stereocenters. The molecule has 1 unspecified atom stereocenters. The smallest absolute Gasteiger partial charge is 0.289 e. The minimum atomic E-state index is -0.637. The van der Waals surface area contributed by atoms with Crippen molar-refractivity contribution in [2.45, 2.75) is 51.2 Å². The van der Waals surface area contributed by atoms with E-state index in [1.54, 1.807) is 7.11 Å². The molecule has 0 radical (unpaired) electrons. The lowest BCUT2D eigenvalue weighted by Gasteiger charge is -2.38. The summed E-state index contributed by atoms with van der Waals surface area (Å²) in [5.74, 6) is 0.712. The molecule has 134 valence electrons. The Hall–Kier alpha value is -2.30. The monoisotopic (exact) mass is 343 g/mol. The fraction of sp³-hybridized carbons (Fsp3) is 0.500. The normalized spacial score (nSPS) is 22.8. The fourth-order valence-corrected chi connectivity index (χ4v) is 3.57. The first kappa shape index (κ1) is 17.5. The van der Waals surface area contributed by atoms with Crippen molar-refractivity contribution in [1.29, 1.82) is 0 Å². The number of rotatable bonds is 3. The Morgan fingerprint density at radius 3 is 2.60 bits per heavy atom. The van der Waals surface area contributed by atoms with Crippen molar-refractivity contribution in [2.24, 2.45) is 0 Å². The summed E-state index contributed by atoms with van der Waals surface area (Å²) in [7, 11) is 1.64. The van der Waals surface area contributed by atoms with Crippen LogP contribution in [0.15, 0.2) is 36.1 Å². The van der Waals surface area contributed by atoms with Gasteiger partial charge in [0.2, 0.25) is 0 Å². The molecule has 0 N–H and O–H groups in total. The number of hydrogen-bond acceptors (Lipinski definition) is 4. The van der Waals surface area contributed by atoms with Crippen LogP contribution in [0.3, 0.4) is 0 Å². The minimum absolute atomic E-state index is 0.00297. The van der Waals surface area contributed by atoms with Crippen LogP contribution in [-0.4, -0.2) is 35.8 Å². The molecule has 3 rings (SSSR count). The van der Waals surface area contributed by atoms with Gasteiger partial charge < -0.3 is 14.4 Å². The van der Waals surface area contributed by atoms with E-state index in [9.17, 15) is 9.59 Å². The van der Waals surface area contributed by atoms with Crippen molar-refractivity contribution in [3.8, 4) is 5.75 Å². The fourth-order valence-electron chi connectivity index (χ4n) is 3.57. The van der Waals surface area contributed by atoms with E-state index in [1.807, 2.05) is 43.0 Å². The van der Waals surface area contributed by atoms with Crippen LogP contribution < -0.4 is 4.74 Å². The van der Waals surface area contributed by atoms with E-state index in [0.29, 0.717) is 13.0 Å². The summed E-state index contributed by atoms with van der Waals surface area (Å²) < 4.78 is 11.0. The van der Waals surface area contributed by atoms with Gasteiger partial charge in [-0.05, 0) is 50.8 Å². The molecule has 0 bridgehead atoms. The van der Waals surface area contributed by atoms with Gasteiger partial charge in [0, 0.05) is 19.0 Å². The average Bonchev–Trinajstić information content (AvgIpc) is 2.59. The molecule has 2 heterocycles. The van der Waals surface area contributed by atoms with Crippen LogP contribution in [0.2, 0.25) is 0 Å². The second kappa shape index (κ2) is 6.90. The Morgan fingerprint density at radius 2 is 1.96 bits per heavy atom. The van der Waals surface area contributed by atoms with Gasteiger partial charge in [-0.3, -0.25) is 9.59 Å². The zero-order chi connectivity index (χ0) is 18.0. The van der Waals surface area contributed by atoms with Gasteiger partial charge >= 0.3 is 0 Å². The molecular formula is C20H25NO4. The number of amides is 1. The number of allylic oxidation sites excluding steroid dienone is 1. The van der Waals surface area contributed by atoms with Crippen molar-refractivity contribution in [3.05, 3.63) is 41.7 Å². The summed E-state index contributed by atoms with van der Waals surface area (Å²) in [5.41, 5.74) is 0.443. The molecule has 25 heavy (non-hydrogen) atoms. The molecule has 0 saturated carbocycles. The highest BCUT2D eigenvalue weighted by atomic mass is 16.5. The molecule has 2 aliphatic rings. The van der Waals surface area contributed by atoms with E-state index in [4.69, 9.17) is 9.47 Å². The van der Waals surface area contributed by atoms with Crippen LogP contribution in [0, 0.1) is 0 Å². The SMILES string of the molecule is COc1ccc(C2CCCCN2C(=O)C2=CC(=O)CC(C)(C)O2)cc1. The lowest BCUT2D eigenvalue weighted by atomic mass is 9.94. The van der Waals surface area contributed by atoms with E-state index in [0.717, 1.165) is 30.6 Å². The quantitative estimate of drug-likeness (QED) is 0.844. The number of hydrogen-bond donors (Lipinski definition) is 0. The molecule has 1 fully saturated rings. The molecule has 1 aromatic rings. The van der Waals surface area contributed by atoms with Crippen LogP contribution >= 0.6 is 0 Å². The van der Waals surface area contributed by atoms with Gasteiger partial charge in [0.05, 0.1) is 13.2 Å². The molecule has 1 saturated heterocycles. The molecule has 1 aromatic carbocycles. The number of methoxy groups -OCH3 is 1. The summed E-state index contributed by atoms with van der Waals surface area (Å²) in [6, 6.07) is 7.82. The van der Waals surface area contributed by atoms with Crippen molar-refractivity contribution < 1.29 is 19.1 Å². The van der Waals surface area contributed by atoms with Crippen LogP contribution in [-0.2, 0) is 14.3 Å². The first-order valence-electron chi connectivity index (χ1n) is 8.78. The van der Waals surface area contributed by atoms with Crippen molar-refractivity contribution in [3.63, 3.8) is 0 Å². The van der Waals surface area contributed by atoms with Crippen molar-refractivity contribution >= 4 is 11.7 Å². The predicted molar refractivity (Wildman–Crippen MR) is 94.2 cm³/mol. The maximum Gasteiger partial charge on any atom is 0.289 e. The topological polar surface area (TPSA) is 55.8 Å². The Morgan fingerprint density at radius 1 is 1.24 bits per heavy atom. The number of ketones is 1. The van der Waals surface area contributed by atoms with Gasteiger partial charge in [0.25, 0.3) is 5.91 Å². The Kier molecular flexibility index (Phi) is 4.84. The molecular weight excluding hydrogens is 318 g/mol. The standard InChI is InChI=1S/C20H25NO4/c1-20(2)13-15(22)12-18(25-20)19(23)21-11-5-4-6-17(21)14-7-9-16(24-3)10-8-14/h7-10,12,17H,4-6,11,13H2,1-3H3. The van der Waals surface area contributed by atoms with E-state index in [-0.39, 0.29) is 23.5 Å². The molecule has 5 nitrogen and oxygen atoms in total. The van der Waals surface area contributed by atoms with Gasteiger partial charge in [-0.1, -0.05) is 12.1 Å². The van der Waals surface area contributed by atoms with E-state index >= 15 is 0 Å². The third kappa shape index (κ3) is 3.86. The molecule has 0 aliphatic carbocycles. The maximum atomic E-state index is 13.0.